The van der Waals surface area contributed by atoms with Crippen LogP contribution in [0.2, 0.25) is 0 Å². The number of rotatable bonds is 4. The molecule has 1 aliphatic heterocycles. The van der Waals surface area contributed by atoms with Gasteiger partial charge in [0.25, 0.3) is 16.0 Å². The van der Waals surface area contributed by atoms with Crippen molar-refractivity contribution in [1.29, 1.82) is 0 Å². The van der Waals surface area contributed by atoms with E-state index in [-0.39, 0.29) is 0 Å². The number of carbonyl (C=O) groups excluding carboxylic acids is 1. The average molecular weight is 469 g/mol. The minimum atomic E-state index is -3.84. The molecule has 1 fully saturated rings. The van der Waals surface area contributed by atoms with Crippen molar-refractivity contribution in [1.82, 2.24) is 4.98 Å². The molecule has 2 heterocycles. The molecule has 1 aliphatic rings. The number of anilines is 1. The summed E-state index contributed by atoms with van der Waals surface area (Å²) in [4.78, 5) is 19.4. The molecule has 0 N–H and O–H groups in total. The lowest BCUT2D eigenvalue weighted by molar-refractivity contribution is -0.134. The van der Waals surface area contributed by atoms with Gasteiger partial charge in [0.05, 0.1) is 17.6 Å². The van der Waals surface area contributed by atoms with E-state index in [9.17, 15) is 13.2 Å². The number of nitrogens with zero attached hydrogens (tertiary/aromatic N) is 2. The van der Waals surface area contributed by atoms with Gasteiger partial charge in [-0.3, -0.25) is 18.9 Å². The lowest BCUT2D eigenvalue weighted by atomic mass is 9.90. The Morgan fingerprint density at radius 1 is 0.794 bits per heavy atom. The third kappa shape index (κ3) is 3.24. The van der Waals surface area contributed by atoms with E-state index < -0.39 is 28.2 Å². The number of aromatic nitrogens is 1. The average Bonchev–Trinajstić information content (AvgIpc) is 2.85. The molecule has 0 aliphatic carbocycles. The van der Waals surface area contributed by atoms with Gasteiger partial charge in [0.1, 0.15) is 6.04 Å². The first kappa shape index (κ1) is 20.8. The van der Waals surface area contributed by atoms with E-state index in [1.807, 2.05) is 48.5 Å². The molecular formula is C27H20N2O4S. The number of hydrogen-bond acceptors (Lipinski definition) is 5. The van der Waals surface area contributed by atoms with E-state index in [1.165, 1.54) is 0 Å². The van der Waals surface area contributed by atoms with Gasteiger partial charge in [0, 0.05) is 11.6 Å². The maximum Gasteiger partial charge on any atom is 0.265 e. The number of fused-ring (bicyclic) bond motifs is 5. The van der Waals surface area contributed by atoms with E-state index in [0.29, 0.717) is 11.4 Å². The predicted octanol–water partition coefficient (Wildman–Crippen LogP) is 4.97. The molecule has 6 nitrogen and oxygen atoms in total. The zero-order valence-electron chi connectivity index (χ0n) is 18.3. The topological polar surface area (TPSA) is 76.6 Å². The molecular weight excluding hydrogens is 448 g/mol. The molecule has 0 saturated carbocycles. The fourth-order valence-electron chi connectivity index (χ4n) is 4.89. The van der Waals surface area contributed by atoms with Crippen LogP contribution in [-0.2, 0) is 19.1 Å². The van der Waals surface area contributed by atoms with Crippen LogP contribution in [0.4, 0.5) is 5.69 Å². The third-order valence-electron chi connectivity index (χ3n) is 6.32. The van der Waals surface area contributed by atoms with Crippen molar-refractivity contribution >= 4 is 54.0 Å². The van der Waals surface area contributed by atoms with Crippen molar-refractivity contribution in [2.24, 2.45) is 0 Å². The molecule has 1 saturated heterocycles. The Morgan fingerprint density at radius 2 is 1.47 bits per heavy atom. The molecule has 168 valence electrons. The van der Waals surface area contributed by atoms with Crippen LogP contribution >= 0.6 is 0 Å². The second kappa shape index (κ2) is 7.62. The van der Waals surface area contributed by atoms with Gasteiger partial charge in [-0.05, 0) is 45.1 Å². The van der Waals surface area contributed by atoms with E-state index >= 15 is 0 Å². The number of carbonyl (C=O) groups is 1. The minimum absolute atomic E-state index is 0.411. The molecule has 2 atom stereocenters. The Morgan fingerprint density at radius 3 is 2.21 bits per heavy atom. The van der Waals surface area contributed by atoms with Crippen molar-refractivity contribution in [2.75, 3.05) is 11.2 Å². The highest BCUT2D eigenvalue weighted by Crippen LogP contribution is 2.46. The van der Waals surface area contributed by atoms with Crippen LogP contribution in [0, 0.1) is 0 Å². The maximum absolute atomic E-state index is 13.4. The highest BCUT2D eigenvalue weighted by atomic mass is 32.2. The number of benzene rings is 4. The summed E-state index contributed by atoms with van der Waals surface area (Å²) in [6.07, 6.45) is 1.42. The fraction of sp³-hybridized carbons (Fsp3) is 0.111. The molecule has 1 amide bonds. The van der Waals surface area contributed by atoms with Crippen LogP contribution in [-0.4, -0.2) is 31.7 Å². The van der Waals surface area contributed by atoms with Crippen molar-refractivity contribution in [3.05, 3.63) is 96.8 Å². The van der Waals surface area contributed by atoms with Crippen LogP contribution in [0.3, 0.4) is 0 Å². The highest BCUT2D eigenvalue weighted by molar-refractivity contribution is 7.86. The Bertz CT molecular complexity index is 1700. The minimum Gasteiger partial charge on any atom is -0.297 e. The van der Waals surface area contributed by atoms with E-state index in [1.54, 1.807) is 23.2 Å². The second-order valence-corrected chi connectivity index (χ2v) is 10.1. The number of pyridine rings is 1. The maximum atomic E-state index is 13.4. The summed E-state index contributed by atoms with van der Waals surface area (Å²) in [6, 6.07) is 27.0. The van der Waals surface area contributed by atoms with Crippen molar-refractivity contribution in [3.8, 4) is 0 Å². The Balaban J connectivity index is 1.62. The van der Waals surface area contributed by atoms with Crippen LogP contribution in [0.25, 0.3) is 32.3 Å². The molecule has 34 heavy (non-hydrogen) atoms. The number of β-lactam (4-membered cyclic amide) rings is 1. The second-order valence-electron chi connectivity index (χ2n) is 8.45. The number of amides is 1. The smallest absolute Gasteiger partial charge is 0.265 e. The third-order valence-corrected chi connectivity index (χ3v) is 6.88. The lowest BCUT2D eigenvalue weighted by Gasteiger charge is -2.45. The summed E-state index contributed by atoms with van der Waals surface area (Å²) in [6.45, 7) is 0. The summed E-state index contributed by atoms with van der Waals surface area (Å²) in [5.41, 5.74) is 1.27. The van der Waals surface area contributed by atoms with Gasteiger partial charge in [0.2, 0.25) is 0 Å². The first-order chi connectivity index (χ1) is 16.4. The van der Waals surface area contributed by atoms with Gasteiger partial charge in [-0.25, -0.2) is 0 Å². The van der Waals surface area contributed by atoms with Crippen LogP contribution in [0.15, 0.2) is 91.1 Å². The Kier molecular flexibility index (Phi) is 4.65. The highest BCUT2D eigenvalue weighted by Gasteiger charge is 2.53. The summed E-state index contributed by atoms with van der Waals surface area (Å²) in [5, 5.41) is 6.21. The summed E-state index contributed by atoms with van der Waals surface area (Å²) in [5.74, 6) is -0.411. The van der Waals surface area contributed by atoms with Gasteiger partial charge in [0.15, 0.2) is 6.10 Å². The molecule has 2 unspecified atom stereocenters. The van der Waals surface area contributed by atoms with Gasteiger partial charge in [-0.2, -0.15) is 8.42 Å². The SMILES string of the molecule is CS(=O)(=O)OC1C(=O)N(c2cc3c4ccccc4ccc3c3ccccc23)C1c1ccccn1. The van der Waals surface area contributed by atoms with E-state index in [0.717, 1.165) is 38.6 Å². The summed E-state index contributed by atoms with van der Waals surface area (Å²) in [7, 11) is -3.84. The van der Waals surface area contributed by atoms with Crippen molar-refractivity contribution < 1.29 is 17.4 Å². The first-order valence-electron chi connectivity index (χ1n) is 10.9. The fourth-order valence-corrected chi connectivity index (χ4v) is 5.46. The molecule has 5 aromatic rings. The van der Waals surface area contributed by atoms with E-state index in [2.05, 4.69) is 29.2 Å². The Hall–Kier alpha value is -3.81. The van der Waals surface area contributed by atoms with Crippen molar-refractivity contribution in [3.63, 3.8) is 0 Å². The van der Waals surface area contributed by atoms with Crippen molar-refractivity contribution in [2.45, 2.75) is 12.1 Å². The zero-order valence-corrected chi connectivity index (χ0v) is 19.1. The van der Waals surface area contributed by atoms with Crippen LogP contribution < -0.4 is 4.90 Å². The van der Waals surface area contributed by atoms with Crippen LogP contribution in [0.5, 0.6) is 0 Å². The van der Waals surface area contributed by atoms with Gasteiger partial charge < -0.3 is 0 Å². The van der Waals surface area contributed by atoms with Gasteiger partial charge in [-0.1, -0.05) is 66.7 Å². The van der Waals surface area contributed by atoms with Gasteiger partial charge >= 0.3 is 0 Å². The normalized spacial score (nSPS) is 18.5. The lowest BCUT2D eigenvalue weighted by Crippen LogP contribution is -2.61. The number of hydrogen-bond donors (Lipinski definition) is 0. The predicted molar refractivity (Wildman–Crippen MR) is 133 cm³/mol. The first-order valence-corrected chi connectivity index (χ1v) is 12.7. The Labute approximate surface area is 196 Å². The van der Waals surface area contributed by atoms with Gasteiger partial charge in [-0.15, -0.1) is 0 Å². The zero-order chi connectivity index (χ0) is 23.4. The molecule has 4 aromatic carbocycles. The molecule has 0 radical (unpaired) electrons. The van der Waals surface area contributed by atoms with Crippen LogP contribution in [0.1, 0.15) is 11.7 Å². The molecule has 0 spiro atoms. The molecule has 6 rings (SSSR count). The largest absolute Gasteiger partial charge is 0.297 e. The molecule has 7 heteroatoms. The quantitative estimate of drug-likeness (QED) is 0.211. The summed E-state index contributed by atoms with van der Waals surface area (Å²) < 4.78 is 29.1. The molecule has 1 aromatic heterocycles. The molecule has 0 bridgehead atoms. The van der Waals surface area contributed by atoms with E-state index in [4.69, 9.17) is 4.18 Å². The standard InChI is InChI=1S/C27H20N2O4S/c1-34(31,32)33-26-25(23-12-6-7-15-28-23)29(27(26)30)24-16-22-18-9-3-2-8-17(18)13-14-20(22)19-10-4-5-11-21(19)24/h2-16,25-26H,1H3. The summed E-state index contributed by atoms with van der Waals surface area (Å²) >= 11 is 0. The monoisotopic (exact) mass is 468 g/mol.